The molecule has 0 unspecified atom stereocenters. The Morgan fingerprint density at radius 2 is 1.94 bits per heavy atom. The molecule has 0 atom stereocenters. The molecule has 0 radical (unpaired) electrons. The van der Waals surface area contributed by atoms with E-state index in [1.807, 2.05) is 51.7 Å². The number of aromatic nitrogens is 2. The van der Waals surface area contributed by atoms with E-state index in [1.165, 1.54) is 11.3 Å². The van der Waals surface area contributed by atoms with Crippen LogP contribution in [0.25, 0.3) is 0 Å². The summed E-state index contributed by atoms with van der Waals surface area (Å²) >= 11 is 5.80. The number of hydrogen-bond donors (Lipinski definition) is 1. The largest absolute Gasteiger partial charge is 0.496 e. The third-order valence-corrected chi connectivity index (χ3v) is 5.54. The number of aryl methyl sites for hydroxylation is 2. The lowest BCUT2D eigenvalue weighted by atomic mass is 10.2. The Kier molecular flexibility index (Phi) is 7.89. The SMILES string of the molecule is COc1cc(NC(=S)N(CCCn2ccnc2)Cc2ccc(N(C)C)cc2)ccc1C. The molecule has 1 aromatic heterocycles. The highest BCUT2D eigenvalue weighted by Gasteiger charge is 2.12. The van der Waals surface area contributed by atoms with Gasteiger partial charge in [-0.2, -0.15) is 0 Å². The van der Waals surface area contributed by atoms with Gasteiger partial charge in [0.05, 0.1) is 13.4 Å². The Labute approximate surface area is 190 Å². The quantitative estimate of drug-likeness (QED) is 0.496. The van der Waals surface area contributed by atoms with Gasteiger partial charge in [0.25, 0.3) is 0 Å². The molecule has 0 fully saturated rings. The van der Waals surface area contributed by atoms with E-state index in [1.54, 1.807) is 13.3 Å². The summed E-state index contributed by atoms with van der Waals surface area (Å²) in [5.74, 6) is 0.846. The molecule has 7 heteroatoms. The van der Waals surface area contributed by atoms with Gasteiger partial charge in [-0.1, -0.05) is 18.2 Å². The number of methoxy groups -OCH3 is 1. The molecule has 31 heavy (non-hydrogen) atoms. The fourth-order valence-corrected chi connectivity index (χ4v) is 3.61. The highest BCUT2D eigenvalue weighted by molar-refractivity contribution is 7.80. The minimum absolute atomic E-state index is 0.702. The lowest BCUT2D eigenvalue weighted by molar-refractivity contribution is 0.396. The first-order chi connectivity index (χ1) is 15.0. The maximum absolute atomic E-state index is 5.80. The number of hydrogen-bond acceptors (Lipinski definition) is 4. The van der Waals surface area contributed by atoms with Crippen LogP contribution in [0.4, 0.5) is 11.4 Å². The molecule has 6 nitrogen and oxygen atoms in total. The summed E-state index contributed by atoms with van der Waals surface area (Å²) in [6.07, 6.45) is 6.60. The second-order valence-electron chi connectivity index (χ2n) is 7.75. The van der Waals surface area contributed by atoms with E-state index >= 15 is 0 Å². The predicted octanol–water partition coefficient (Wildman–Crippen LogP) is 4.56. The Morgan fingerprint density at radius 1 is 1.16 bits per heavy atom. The van der Waals surface area contributed by atoms with E-state index in [0.717, 1.165) is 43.1 Å². The standard InChI is InChI=1S/C24H31N5OS/c1-19-6-9-21(16-23(19)30-4)26-24(31)29(14-5-13-28-15-12-25-18-28)17-20-7-10-22(11-8-20)27(2)3/h6-12,15-16,18H,5,13-14,17H2,1-4H3,(H,26,31). The third kappa shape index (κ3) is 6.46. The van der Waals surface area contributed by atoms with Crippen LogP contribution in [0.1, 0.15) is 17.5 Å². The average Bonchev–Trinajstić information content (AvgIpc) is 3.28. The Bertz CT molecular complexity index is 970. The Balaban J connectivity index is 1.70. The monoisotopic (exact) mass is 437 g/mol. The summed E-state index contributed by atoms with van der Waals surface area (Å²) in [4.78, 5) is 8.43. The van der Waals surface area contributed by atoms with E-state index in [0.29, 0.717) is 5.11 Å². The van der Waals surface area contributed by atoms with E-state index in [2.05, 4.69) is 48.9 Å². The van der Waals surface area contributed by atoms with Gasteiger partial charge in [0, 0.05) is 63.6 Å². The van der Waals surface area contributed by atoms with Gasteiger partial charge in [-0.25, -0.2) is 4.98 Å². The molecule has 0 bridgehead atoms. The van der Waals surface area contributed by atoms with Gasteiger partial charge in [0.2, 0.25) is 0 Å². The molecule has 0 aliphatic rings. The van der Waals surface area contributed by atoms with E-state index in [4.69, 9.17) is 17.0 Å². The third-order valence-electron chi connectivity index (χ3n) is 5.18. The molecule has 0 aliphatic carbocycles. The van der Waals surface area contributed by atoms with Gasteiger partial charge >= 0.3 is 0 Å². The first kappa shape index (κ1) is 22.6. The van der Waals surface area contributed by atoms with Crippen molar-refractivity contribution in [3.05, 3.63) is 72.3 Å². The molecule has 0 spiro atoms. The van der Waals surface area contributed by atoms with E-state index in [9.17, 15) is 0 Å². The van der Waals surface area contributed by atoms with Crippen molar-refractivity contribution in [1.82, 2.24) is 14.5 Å². The zero-order valence-electron chi connectivity index (χ0n) is 18.7. The molecule has 3 rings (SSSR count). The van der Waals surface area contributed by atoms with Crippen molar-refractivity contribution in [3.8, 4) is 5.75 Å². The van der Waals surface area contributed by atoms with Crippen LogP contribution in [0.3, 0.4) is 0 Å². The number of imidazole rings is 1. The first-order valence-corrected chi connectivity index (χ1v) is 10.8. The molecule has 0 saturated carbocycles. The molecule has 1 heterocycles. The summed E-state index contributed by atoms with van der Waals surface area (Å²) in [5, 5.41) is 4.09. The second-order valence-corrected chi connectivity index (χ2v) is 8.14. The van der Waals surface area contributed by atoms with Gasteiger partial charge in [-0.05, 0) is 54.9 Å². The van der Waals surface area contributed by atoms with Crippen LogP contribution in [0.5, 0.6) is 5.75 Å². The number of benzene rings is 2. The molecule has 2 aromatic carbocycles. The molecule has 0 amide bonds. The Morgan fingerprint density at radius 3 is 2.58 bits per heavy atom. The number of anilines is 2. The Hall–Kier alpha value is -3.06. The summed E-state index contributed by atoms with van der Waals surface area (Å²) in [7, 11) is 5.78. The molecular weight excluding hydrogens is 406 g/mol. The molecule has 3 aromatic rings. The minimum Gasteiger partial charge on any atom is -0.496 e. The second kappa shape index (κ2) is 10.8. The van der Waals surface area contributed by atoms with Crippen LogP contribution in [0.15, 0.2) is 61.2 Å². The molecule has 1 N–H and O–H groups in total. The average molecular weight is 438 g/mol. The maximum atomic E-state index is 5.80. The molecule has 0 aliphatic heterocycles. The van der Waals surface area contributed by atoms with Crippen LogP contribution < -0.4 is 15.0 Å². The number of rotatable bonds is 9. The number of ether oxygens (including phenoxy) is 1. The van der Waals surface area contributed by atoms with Gasteiger partial charge in [0.15, 0.2) is 5.11 Å². The fraction of sp³-hybridized carbons (Fsp3) is 0.333. The summed E-state index contributed by atoms with van der Waals surface area (Å²) in [6, 6.07) is 14.6. The normalized spacial score (nSPS) is 10.6. The van der Waals surface area contributed by atoms with Crippen LogP contribution in [0, 0.1) is 6.92 Å². The van der Waals surface area contributed by atoms with Crippen molar-refractivity contribution < 1.29 is 4.74 Å². The number of thiocarbonyl (C=S) groups is 1. The highest BCUT2D eigenvalue weighted by atomic mass is 32.1. The van der Waals surface area contributed by atoms with Gasteiger partial charge in [-0.3, -0.25) is 0 Å². The zero-order chi connectivity index (χ0) is 22.2. The lowest BCUT2D eigenvalue weighted by Gasteiger charge is -2.27. The van der Waals surface area contributed by atoms with Crippen molar-refractivity contribution in [2.24, 2.45) is 0 Å². The smallest absolute Gasteiger partial charge is 0.173 e. The zero-order valence-corrected chi connectivity index (χ0v) is 19.5. The minimum atomic E-state index is 0.702. The van der Waals surface area contributed by atoms with Crippen molar-refractivity contribution >= 4 is 28.7 Å². The van der Waals surface area contributed by atoms with Crippen molar-refractivity contribution in [1.29, 1.82) is 0 Å². The van der Waals surface area contributed by atoms with Crippen LogP contribution >= 0.6 is 12.2 Å². The maximum Gasteiger partial charge on any atom is 0.173 e. The summed E-state index contributed by atoms with van der Waals surface area (Å²) in [5.41, 5.74) is 4.42. The summed E-state index contributed by atoms with van der Waals surface area (Å²) in [6.45, 7) is 4.51. The summed E-state index contributed by atoms with van der Waals surface area (Å²) < 4.78 is 7.54. The topological polar surface area (TPSA) is 45.6 Å². The number of nitrogens with one attached hydrogen (secondary N) is 1. The van der Waals surface area contributed by atoms with Gasteiger partial charge < -0.3 is 24.4 Å². The van der Waals surface area contributed by atoms with Crippen LogP contribution in [0.2, 0.25) is 0 Å². The van der Waals surface area contributed by atoms with Crippen molar-refractivity contribution in [3.63, 3.8) is 0 Å². The van der Waals surface area contributed by atoms with Crippen LogP contribution in [-0.4, -0.2) is 47.3 Å². The van der Waals surface area contributed by atoms with Gasteiger partial charge in [0.1, 0.15) is 5.75 Å². The lowest BCUT2D eigenvalue weighted by Crippen LogP contribution is -2.35. The number of nitrogens with zero attached hydrogens (tertiary/aromatic N) is 4. The first-order valence-electron chi connectivity index (χ1n) is 10.4. The van der Waals surface area contributed by atoms with Crippen molar-refractivity contribution in [2.45, 2.75) is 26.4 Å². The van der Waals surface area contributed by atoms with E-state index < -0.39 is 0 Å². The predicted molar refractivity (Wildman–Crippen MR) is 132 cm³/mol. The van der Waals surface area contributed by atoms with E-state index in [-0.39, 0.29) is 0 Å². The van der Waals surface area contributed by atoms with Crippen LogP contribution in [-0.2, 0) is 13.1 Å². The fourth-order valence-electron chi connectivity index (χ4n) is 3.34. The molecular formula is C24H31N5OS. The van der Waals surface area contributed by atoms with Gasteiger partial charge in [-0.15, -0.1) is 0 Å². The van der Waals surface area contributed by atoms with Crippen molar-refractivity contribution in [2.75, 3.05) is 38.0 Å². The molecule has 164 valence electrons. The molecule has 0 saturated heterocycles. The highest BCUT2D eigenvalue weighted by Crippen LogP contribution is 2.23.